The first-order valence-corrected chi connectivity index (χ1v) is 8.98. The SMILES string of the molecule is O=C(CSCCOc1cccc(Cl)c1)Nc1ccccc1Br. The summed E-state index contributed by atoms with van der Waals surface area (Å²) in [6.45, 7) is 0.535. The molecule has 0 bridgehead atoms. The van der Waals surface area contributed by atoms with Crippen LogP contribution in [0.3, 0.4) is 0 Å². The van der Waals surface area contributed by atoms with Crippen molar-refractivity contribution in [2.75, 3.05) is 23.4 Å². The van der Waals surface area contributed by atoms with E-state index in [1.54, 1.807) is 12.1 Å². The Bertz CT molecular complexity index is 639. The van der Waals surface area contributed by atoms with Crippen molar-refractivity contribution in [2.24, 2.45) is 0 Å². The number of halogens is 2. The standard InChI is InChI=1S/C16H15BrClNO2S/c17-14-6-1-2-7-15(14)19-16(20)11-22-9-8-21-13-5-3-4-12(18)10-13/h1-7,10H,8-9,11H2,(H,19,20). The zero-order valence-corrected chi connectivity index (χ0v) is 14.9. The van der Waals surface area contributed by atoms with Gasteiger partial charge in [-0.25, -0.2) is 0 Å². The lowest BCUT2D eigenvalue weighted by molar-refractivity contribution is -0.113. The molecule has 0 spiro atoms. The maximum Gasteiger partial charge on any atom is 0.234 e. The summed E-state index contributed by atoms with van der Waals surface area (Å²) in [6.07, 6.45) is 0. The number of nitrogens with one attached hydrogen (secondary N) is 1. The van der Waals surface area contributed by atoms with Gasteiger partial charge in [-0.1, -0.05) is 29.8 Å². The zero-order valence-electron chi connectivity index (χ0n) is 11.7. The number of thioether (sulfide) groups is 1. The van der Waals surface area contributed by atoms with E-state index in [1.165, 1.54) is 11.8 Å². The topological polar surface area (TPSA) is 38.3 Å². The fourth-order valence-electron chi connectivity index (χ4n) is 1.69. The van der Waals surface area contributed by atoms with Crippen molar-refractivity contribution < 1.29 is 9.53 Å². The minimum atomic E-state index is -0.0281. The zero-order chi connectivity index (χ0) is 15.8. The molecule has 116 valence electrons. The Morgan fingerprint density at radius 2 is 2.05 bits per heavy atom. The number of benzene rings is 2. The molecule has 2 aromatic carbocycles. The molecule has 3 nitrogen and oxygen atoms in total. The van der Waals surface area contributed by atoms with Crippen molar-refractivity contribution in [3.8, 4) is 5.75 Å². The van der Waals surface area contributed by atoms with Crippen LogP contribution in [-0.2, 0) is 4.79 Å². The number of carbonyl (C=O) groups excluding carboxylic acids is 1. The molecule has 2 rings (SSSR count). The second kappa shape index (κ2) is 9.08. The number of ether oxygens (including phenoxy) is 1. The molecule has 0 saturated heterocycles. The summed E-state index contributed by atoms with van der Waals surface area (Å²) >= 11 is 10.8. The Hall–Kier alpha value is -1.17. The van der Waals surface area contributed by atoms with Crippen LogP contribution in [0, 0.1) is 0 Å². The van der Waals surface area contributed by atoms with E-state index in [0.717, 1.165) is 21.7 Å². The van der Waals surface area contributed by atoms with Gasteiger partial charge in [0.05, 0.1) is 18.0 Å². The van der Waals surface area contributed by atoms with Gasteiger partial charge in [0.25, 0.3) is 0 Å². The molecule has 0 fully saturated rings. The average molecular weight is 401 g/mol. The molecular formula is C16H15BrClNO2S. The second-order valence-corrected chi connectivity index (χ2v) is 6.78. The number of hydrogen-bond donors (Lipinski definition) is 1. The van der Waals surface area contributed by atoms with Gasteiger partial charge in [0.2, 0.25) is 5.91 Å². The summed E-state index contributed by atoms with van der Waals surface area (Å²) in [7, 11) is 0. The van der Waals surface area contributed by atoms with E-state index in [4.69, 9.17) is 16.3 Å². The number of para-hydroxylation sites is 1. The van der Waals surface area contributed by atoms with E-state index in [9.17, 15) is 4.79 Å². The highest BCUT2D eigenvalue weighted by atomic mass is 79.9. The van der Waals surface area contributed by atoms with E-state index in [-0.39, 0.29) is 5.91 Å². The van der Waals surface area contributed by atoms with Crippen molar-refractivity contribution in [3.05, 3.63) is 58.0 Å². The summed E-state index contributed by atoms with van der Waals surface area (Å²) in [6, 6.07) is 14.8. The summed E-state index contributed by atoms with van der Waals surface area (Å²) in [5.41, 5.74) is 0.781. The van der Waals surface area contributed by atoms with Gasteiger partial charge < -0.3 is 10.1 Å². The number of hydrogen-bond acceptors (Lipinski definition) is 3. The quantitative estimate of drug-likeness (QED) is 0.675. The molecule has 0 saturated carbocycles. The Morgan fingerprint density at radius 1 is 1.23 bits per heavy atom. The predicted molar refractivity (Wildman–Crippen MR) is 97.0 cm³/mol. The van der Waals surface area contributed by atoms with Gasteiger partial charge in [-0.3, -0.25) is 4.79 Å². The summed E-state index contributed by atoms with van der Waals surface area (Å²) in [4.78, 5) is 11.8. The number of carbonyl (C=O) groups is 1. The number of rotatable bonds is 7. The minimum absolute atomic E-state index is 0.0281. The summed E-state index contributed by atoms with van der Waals surface area (Å²) in [5, 5.41) is 3.51. The van der Waals surface area contributed by atoms with Gasteiger partial charge in [0.1, 0.15) is 5.75 Å². The van der Waals surface area contributed by atoms with Crippen LogP contribution in [-0.4, -0.2) is 24.0 Å². The van der Waals surface area contributed by atoms with Crippen LogP contribution < -0.4 is 10.1 Å². The van der Waals surface area contributed by atoms with Crippen LogP contribution in [0.25, 0.3) is 0 Å². The van der Waals surface area contributed by atoms with E-state index >= 15 is 0 Å². The van der Waals surface area contributed by atoms with E-state index in [1.807, 2.05) is 36.4 Å². The molecule has 22 heavy (non-hydrogen) atoms. The molecule has 0 aliphatic rings. The fraction of sp³-hybridized carbons (Fsp3) is 0.188. The average Bonchev–Trinajstić information content (AvgIpc) is 2.49. The highest BCUT2D eigenvalue weighted by molar-refractivity contribution is 9.10. The van der Waals surface area contributed by atoms with Gasteiger partial charge >= 0.3 is 0 Å². The van der Waals surface area contributed by atoms with Gasteiger partial charge in [-0.05, 0) is 46.3 Å². The molecule has 0 radical (unpaired) electrons. The first-order valence-electron chi connectivity index (χ1n) is 6.65. The van der Waals surface area contributed by atoms with Crippen molar-refractivity contribution in [1.29, 1.82) is 0 Å². The molecule has 1 amide bonds. The first kappa shape index (κ1) is 17.2. The molecular weight excluding hydrogens is 386 g/mol. The van der Waals surface area contributed by atoms with Crippen LogP contribution >= 0.6 is 39.3 Å². The first-order chi connectivity index (χ1) is 10.6. The molecule has 6 heteroatoms. The Labute approximate surface area is 147 Å². The molecule has 0 heterocycles. The van der Waals surface area contributed by atoms with Gasteiger partial charge in [0, 0.05) is 15.2 Å². The van der Waals surface area contributed by atoms with Crippen molar-refractivity contribution in [3.63, 3.8) is 0 Å². The van der Waals surface area contributed by atoms with Gasteiger partial charge in [-0.2, -0.15) is 0 Å². The minimum Gasteiger partial charge on any atom is -0.493 e. The van der Waals surface area contributed by atoms with E-state index < -0.39 is 0 Å². The monoisotopic (exact) mass is 399 g/mol. The molecule has 0 aliphatic carbocycles. The molecule has 0 unspecified atom stereocenters. The molecule has 1 N–H and O–H groups in total. The maximum absolute atomic E-state index is 11.8. The van der Waals surface area contributed by atoms with Crippen LogP contribution in [0.5, 0.6) is 5.75 Å². The lowest BCUT2D eigenvalue weighted by Gasteiger charge is -2.08. The van der Waals surface area contributed by atoms with Crippen molar-refractivity contribution >= 4 is 50.9 Å². The Morgan fingerprint density at radius 3 is 2.82 bits per heavy atom. The smallest absolute Gasteiger partial charge is 0.234 e. The molecule has 0 aliphatic heterocycles. The number of amides is 1. The van der Waals surface area contributed by atoms with Crippen LogP contribution in [0.4, 0.5) is 5.69 Å². The predicted octanol–water partition coefficient (Wildman–Crippen LogP) is 4.85. The fourth-order valence-corrected chi connectivity index (χ4v) is 2.86. The second-order valence-electron chi connectivity index (χ2n) is 4.39. The molecule has 2 aromatic rings. The van der Waals surface area contributed by atoms with Crippen molar-refractivity contribution in [1.82, 2.24) is 0 Å². The summed E-state index contributed by atoms with van der Waals surface area (Å²) in [5.74, 6) is 1.83. The third-order valence-electron chi connectivity index (χ3n) is 2.67. The normalized spacial score (nSPS) is 10.3. The molecule has 0 atom stereocenters. The highest BCUT2D eigenvalue weighted by Gasteiger charge is 2.05. The largest absolute Gasteiger partial charge is 0.493 e. The van der Waals surface area contributed by atoms with Gasteiger partial charge in [0.15, 0.2) is 0 Å². The lowest BCUT2D eigenvalue weighted by Crippen LogP contribution is -2.15. The summed E-state index contributed by atoms with van der Waals surface area (Å²) < 4.78 is 6.43. The van der Waals surface area contributed by atoms with Gasteiger partial charge in [-0.15, -0.1) is 11.8 Å². The Balaban J connectivity index is 1.64. The molecule has 0 aromatic heterocycles. The van der Waals surface area contributed by atoms with Crippen LogP contribution in [0.1, 0.15) is 0 Å². The number of anilines is 1. The third kappa shape index (κ3) is 5.91. The maximum atomic E-state index is 11.8. The van der Waals surface area contributed by atoms with Crippen LogP contribution in [0.2, 0.25) is 5.02 Å². The van der Waals surface area contributed by atoms with E-state index in [2.05, 4.69) is 21.2 Å². The lowest BCUT2D eigenvalue weighted by atomic mass is 10.3. The highest BCUT2D eigenvalue weighted by Crippen LogP contribution is 2.21. The third-order valence-corrected chi connectivity index (χ3v) is 4.52. The van der Waals surface area contributed by atoms with Crippen LogP contribution in [0.15, 0.2) is 53.0 Å². The van der Waals surface area contributed by atoms with Crippen molar-refractivity contribution in [2.45, 2.75) is 0 Å². The van der Waals surface area contributed by atoms with E-state index in [0.29, 0.717) is 17.4 Å². The Kier molecular flexibility index (Phi) is 7.09.